The van der Waals surface area contributed by atoms with E-state index in [1.807, 2.05) is 0 Å². The SMILES string of the molecule is Cc1ccc(N2CCOCC2CCC(=O)O)cc1. The standard InChI is InChI=1S/C14H19NO3/c1-11-2-4-12(5-3-11)15-8-9-18-10-13(15)6-7-14(16)17/h2-5,13H,6-10H2,1H3,(H,16,17). The third-order valence-corrected chi connectivity index (χ3v) is 3.28. The summed E-state index contributed by atoms with van der Waals surface area (Å²) in [5, 5.41) is 8.78. The maximum absolute atomic E-state index is 10.7. The fraction of sp³-hybridized carbons (Fsp3) is 0.500. The van der Waals surface area contributed by atoms with E-state index in [-0.39, 0.29) is 12.5 Å². The molecule has 18 heavy (non-hydrogen) atoms. The molecule has 0 saturated carbocycles. The Labute approximate surface area is 107 Å². The minimum absolute atomic E-state index is 0.164. The third kappa shape index (κ3) is 3.23. The van der Waals surface area contributed by atoms with E-state index in [4.69, 9.17) is 9.84 Å². The second-order valence-corrected chi connectivity index (χ2v) is 4.69. The molecule has 1 aliphatic heterocycles. The summed E-state index contributed by atoms with van der Waals surface area (Å²) in [4.78, 5) is 12.9. The van der Waals surface area contributed by atoms with E-state index in [0.717, 1.165) is 12.2 Å². The number of aliphatic carboxylic acids is 1. The largest absolute Gasteiger partial charge is 0.481 e. The van der Waals surface area contributed by atoms with Crippen LogP contribution in [0.1, 0.15) is 18.4 Å². The first-order valence-corrected chi connectivity index (χ1v) is 6.29. The van der Waals surface area contributed by atoms with Crippen LogP contribution in [-0.2, 0) is 9.53 Å². The van der Waals surface area contributed by atoms with Crippen molar-refractivity contribution < 1.29 is 14.6 Å². The number of hydrogen-bond acceptors (Lipinski definition) is 3. The van der Waals surface area contributed by atoms with E-state index in [9.17, 15) is 4.79 Å². The van der Waals surface area contributed by atoms with Crippen LogP contribution in [0.2, 0.25) is 0 Å². The molecule has 98 valence electrons. The Morgan fingerprint density at radius 3 is 2.83 bits per heavy atom. The van der Waals surface area contributed by atoms with Gasteiger partial charge in [0.25, 0.3) is 0 Å². The van der Waals surface area contributed by atoms with Crippen molar-refractivity contribution in [3.05, 3.63) is 29.8 Å². The topological polar surface area (TPSA) is 49.8 Å². The van der Waals surface area contributed by atoms with Crippen LogP contribution in [0.15, 0.2) is 24.3 Å². The first kappa shape index (κ1) is 12.9. The molecule has 0 radical (unpaired) electrons. The van der Waals surface area contributed by atoms with Gasteiger partial charge in [-0.3, -0.25) is 4.79 Å². The molecule has 0 aromatic heterocycles. The van der Waals surface area contributed by atoms with Crippen LogP contribution in [-0.4, -0.2) is 36.9 Å². The van der Waals surface area contributed by atoms with Crippen molar-refractivity contribution in [3.8, 4) is 0 Å². The van der Waals surface area contributed by atoms with Gasteiger partial charge in [-0.1, -0.05) is 17.7 Å². The number of nitrogens with zero attached hydrogens (tertiary/aromatic N) is 1. The first-order valence-electron chi connectivity index (χ1n) is 6.29. The Morgan fingerprint density at radius 2 is 2.17 bits per heavy atom. The maximum atomic E-state index is 10.7. The summed E-state index contributed by atoms with van der Waals surface area (Å²) in [6, 6.07) is 8.51. The average Bonchev–Trinajstić information content (AvgIpc) is 2.38. The van der Waals surface area contributed by atoms with Gasteiger partial charge in [0.15, 0.2) is 0 Å². The molecule has 4 heteroatoms. The molecule has 1 unspecified atom stereocenters. The molecule has 0 bridgehead atoms. The summed E-state index contributed by atoms with van der Waals surface area (Å²) in [6.07, 6.45) is 0.819. The third-order valence-electron chi connectivity index (χ3n) is 3.28. The summed E-state index contributed by atoms with van der Waals surface area (Å²) in [5.74, 6) is -0.746. The highest BCUT2D eigenvalue weighted by Gasteiger charge is 2.23. The molecule has 0 aliphatic carbocycles. The molecule has 1 fully saturated rings. The van der Waals surface area contributed by atoms with E-state index in [0.29, 0.717) is 19.6 Å². The minimum Gasteiger partial charge on any atom is -0.481 e. The highest BCUT2D eigenvalue weighted by atomic mass is 16.5. The van der Waals surface area contributed by atoms with E-state index >= 15 is 0 Å². The molecule has 0 amide bonds. The van der Waals surface area contributed by atoms with Crippen molar-refractivity contribution >= 4 is 11.7 Å². The van der Waals surface area contributed by atoms with Gasteiger partial charge < -0.3 is 14.7 Å². The van der Waals surface area contributed by atoms with Crippen molar-refractivity contribution in [2.45, 2.75) is 25.8 Å². The fourth-order valence-corrected chi connectivity index (χ4v) is 2.26. The molecule has 1 atom stereocenters. The molecule has 2 rings (SSSR count). The van der Waals surface area contributed by atoms with Crippen LogP contribution in [0.3, 0.4) is 0 Å². The number of carboxylic acids is 1. The normalized spacial score (nSPS) is 19.8. The summed E-state index contributed by atoms with van der Waals surface area (Å²) in [6.45, 7) is 4.21. The fourth-order valence-electron chi connectivity index (χ4n) is 2.26. The van der Waals surface area contributed by atoms with Gasteiger partial charge in [0.05, 0.1) is 19.3 Å². The van der Waals surface area contributed by atoms with Crippen molar-refractivity contribution in [3.63, 3.8) is 0 Å². The van der Waals surface area contributed by atoms with Crippen LogP contribution in [0.25, 0.3) is 0 Å². The number of anilines is 1. The lowest BCUT2D eigenvalue weighted by Crippen LogP contribution is -2.45. The molecule has 1 saturated heterocycles. The van der Waals surface area contributed by atoms with Gasteiger partial charge in [-0.15, -0.1) is 0 Å². The lowest BCUT2D eigenvalue weighted by molar-refractivity contribution is -0.137. The molecule has 1 N–H and O–H groups in total. The highest BCUT2D eigenvalue weighted by molar-refractivity contribution is 5.66. The lowest BCUT2D eigenvalue weighted by atomic mass is 10.1. The Morgan fingerprint density at radius 1 is 1.44 bits per heavy atom. The molecule has 1 aromatic carbocycles. The number of carbonyl (C=O) groups is 1. The van der Waals surface area contributed by atoms with Crippen LogP contribution in [0.5, 0.6) is 0 Å². The van der Waals surface area contributed by atoms with Gasteiger partial charge in [-0.25, -0.2) is 0 Å². The first-order chi connectivity index (χ1) is 8.66. The summed E-state index contributed by atoms with van der Waals surface area (Å²) < 4.78 is 5.46. The van der Waals surface area contributed by atoms with Crippen molar-refractivity contribution in [2.75, 3.05) is 24.7 Å². The number of morpholine rings is 1. The number of aryl methyl sites for hydroxylation is 1. The number of ether oxygens (including phenoxy) is 1. The lowest BCUT2D eigenvalue weighted by Gasteiger charge is -2.37. The zero-order valence-electron chi connectivity index (χ0n) is 10.6. The summed E-state index contributed by atoms with van der Waals surface area (Å²) in [7, 11) is 0. The van der Waals surface area contributed by atoms with Gasteiger partial charge in [0, 0.05) is 18.7 Å². The second kappa shape index (κ2) is 5.87. The Balaban J connectivity index is 2.07. The molecular formula is C14H19NO3. The molecule has 0 spiro atoms. The van der Waals surface area contributed by atoms with Gasteiger partial charge in [0.2, 0.25) is 0 Å². The van der Waals surface area contributed by atoms with E-state index < -0.39 is 5.97 Å². The zero-order valence-corrected chi connectivity index (χ0v) is 10.6. The Kier molecular flexibility index (Phi) is 4.20. The van der Waals surface area contributed by atoms with Gasteiger partial charge in [0.1, 0.15) is 0 Å². The Hall–Kier alpha value is -1.55. The van der Waals surface area contributed by atoms with Crippen LogP contribution in [0, 0.1) is 6.92 Å². The summed E-state index contributed by atoms with van der Waals surface area (Å²) in [5.41, 5.74) is 2.38. The number of hydrogen-bond donors (Lipinski definition) is 1. The van der Waals surface area contributed by atoms with Crippen LogP contribution in [0.4, 0.5) is 5.69 Å². The van der Waals surface area contributed by atoms with Crippen molar-refractivity contribution in [1.29, 1.82) is 0 Å². The van der Waals surface area contributed by atoms with E-state index in [2.05, 4.69) is 36.1 Å². The maximum Gasteiger partial charge on any atom is 0.303 e. The van der Waals surface area contributed by atoms with E-state index in [1.165, 1.54) is 5.56 Å². The smallest absolute Gasteiger partial charge is 0.303 e. The molecule has 4 nitrogen and oxygen atoms in total. The number of carboxylic acid groups (broad SMARTS) is 1. The molecule has 1 heterocycles. The summed E-state index contributed by atoms with van der Waals surface area (Å²) >= 11 is 0. The van der Waals surface area contributed by atoms with Crippen molar-refractivity contribution in [1.82, 2.24) is 0 Å². The second-order valence-electron chi connectivity index (χ2n) is 4.69. The Bertz CT molecular complexity index is 402. The predicted octanol–water partition coefficient (Wildman–Crippen LogP) is 2.07. The number of rotatable bonds is 4. The average molecular weight is 249 g/mol. The minimum atomic E-state index is -0.746. The van der Waals surface area contributed by atoms with Crippen LogP contribution >= 0.6 is 0 Å². The van der Waals surface area contributed by atoms with Crippen molar-refractivity contribution in [2.24, 2.45) is 0 Å². The van der Waals surface area contributed by atoms with Crippen LogP contribution < -0.4 is 4.90 Å². The molecule has 1 aliphatic rings. The molecular weight excluding hydrogens is 230 g/mol. The van der Waals surface area contributed by atoms with Gasteiger partial charge in [-0.2, -0.15) is 0 Å². The van der Waals surface area contributed by atoms with Gasteiger partial charge in [-0.05, 0) is 25.5 Å². The number of benzene rings is 1. The predicted molar refractivity (Wildman–Crippen MR) is 70.0 cm³/mol. The molecule has 1 aromatic rings. The van der Waals surface area contributed by atoms with Gasteiger partial charge >= 0.3 is 5.97 Å². The highest BCUT2D eigenvalue weighted by Crippen LogP contribution is 2.22. The quantitative estimate of drug-likeness (QED) is 0.887. The van der Waals surface area contributed by atoms with E-state index in [1.54, 1.807) is 0 Å². The zero-order chi connectivity index (χ0) is 13.0. The monoisotopic (exact) mass is 249 g/mol.